The molecule has 1 aliphatic carbocycles. The van der Waals surface area contributed by atoms with E-state index in [1.54, 1.807) is 25.6 Å². The minimum absolute atomic E-state index is 0. The molecule has 0 amide bonds. The summed E-state index contributed by atoms with van der Waals surface area (Å²) in [6.45, 7) is -2.85. The van der Waals surface area contributed by atoms with Crippen molar-refractivity contribution in [3.05, 3.63) is 65.6 Å². The maximum absolute atomic E-state index is 11.9. The van der Waals surface area contributed by atoms with Gasteiger partial charge < -0.3 is 19.8 Å². The molecule has 0 bridgehead atoms. The van der Waals surface area contributed by atoms with Gasteiger partial charge in [0.2, 0.25) is 0 Å². The van der Waals surface area contributed by atoms with Gasteiger partial charge in [-0.25, -0.2) is 4.98 Å². The van der Waals surface area contributed by atoms with E-state index in [-0.39, 0.29) is 41.0 Å². The molecule has 1 aliphatic rings. The van der Waals surface area contributed by atoms with Crippen molar-refractivity contribution in [2.45, 2.75) is 38.3 Å². The summed E-state index contributed by atoms with van der Waals surface area (Å²) in [4.78, 5) is 23.1. The van der Waals surface area contributed by atoms with Gasteiger partial charge in [-0.2, -0.15) is 8.78 Å². The fourth-order valence-electron chi connectivity index (χ4n) is 3.09. The summed E-state index contributed by atoms with van der Waals surface area (Å²) in [6, 6.07) is 7.49. The number of anilines is 1. The Bertz CT molecular complexity index is 1000. The van der Waals surface area contributed by atoms with Crippen LogP contribution in [0.2, 0.25) is 0 Å². The van der Waals surface area contributed by atoms with Crippen LogP contribution in [0.4, 0.5) is 14.6 Å². The fraction of sp³-hybridized carbons (Fsp3) is 0.333. The van der Waals surface area contributed by atoms with Crippen molar-refractivity contribution in [3.63, 3.8) is 0 Å². The molecular formula is C21H22F2N5NaO3. The van der Waals surface area contributed by atoms with Gasteiger partial charge in [0, 0.05) is 12.1 Å². The quantitative estimate of drug-likeness (QED) is 0.429. The standard InChI is InChI=1S/C16H19N3O2.C5H3F2N2O.Na/c1-21-14-7-9-16(20)19(11-14)13-6-8-15(17-10-13)18-12-4-2-3-5-12;6-5(7)10-4-3-8-1-2-9-4;/h6-12H,2-5H2,1H3,(H,17,18);2-3,5H;/q;-1;+1. The molecule has 0 atom stereocenters. The second-order valence-corrected chi connectivity index (χ2v) is 6.67. The first-order valence-corrected chi connectivity index (χ1v) is 9.67. The molecule has 3 heterocycles. The molecule has 0 saturated heterocycles. The third-order valence-corrected chi connectivity index (χ3v) is 4.56. The summed E-state index contributed by atoms with van der Waals surface area (Å²) in [7, 11) is 1.58. The van der Waals surface area contributed by atoms with Gasteiger partial charge in [-0.05, 0) is 37.2 Å². The number of alkyl halides is 2. The van der Waals surface area contributed by atoms with Crippen LogP contribution in [0, 0.1) is 6.20 Å². The van der Waals surface area contributed by atoms with E-state index in [4.69, 9.17) is 4.74 Å². The summed E-state index contributed by atoms with van der Waals surface area (Å²) in [6.07, 6.45) is 12.9. The van der Waals surface area contributed by atoms with Crippen LogP contribution in [0.15, 0.2) is 53.8 Å². The maximum atomic E-state index is 11.9. The largest absolute Gasteiger partial charge is 1.00 e. The number of hydrogen-bond donors (Lipinski definition) is 1. The van der Waals surface area contributed by atoms with Crippen molar-refractivity contribution in [2.24, 2.45) is 0 Å². The number of rotatable bonds is 6. The van der Waals surface area contributed by atoms with Crippen LogP contribution in [-0.2, 0) is 0 Å². The van der Waals surface area contributed by atoms with Gasteiger partial charge in [0.05, 0.1) is 25.2 Å². The van der Waals surface area contributed by atoms with E-state index in [0.29, 0.717) is 11.8 Å². The predicted molar refractivity (Wildman–Crippen MR) is 110 cm³/mol. The maximum Gasteiger partial charge on any atom is 1.00 e. The number of aromatic nitrogens is 4. The Morgan fingerprint density at radius 2 is 1.94 bits per heavy atom. The third-order valence-electron chi connectivity index (χ3n) is 4.56. The van der Waals surface area contributed by atoms with E-state index in [9.17, 15) is 13.6 Å². The van der Waals surface area contributed by atoms with Crippen LogP contribution >= 0.6 is 0 Å². The number of methoxy groups -OCH3 is 1. The smallest absolute Gasteiger partial charge is 0.495 e. The van der Waals surface area contributed by atoms with Crippen LogP contribution in [0.3, 0.4) is 0 Å². The fourth-order valence-corrected chi connectivity index (χ4v) is 3.09. The number of halogens is 2. The van der Waals surface area contributed by atoms with Gasteiger partial charge in [-0.3, -0.25) is 14.3 Å². The number of hydrogen-bond acceptors (Lipinski definition) is 7. The zero-order valence-electron chi connectivity index (χ0n) is 17.9. The molecule has 164 valence electrons. The van der Waals surface area contributed by atoms with Gasteiger partial charge in [0.15, 0.2) is 5.88 Å². The minimum atomic E-state index is -2.85. The molecule has 0 aliphatic heterocycles. The van der Waals surface area contributed by atoms with E-state index < -0.39 is 6.61 Å². The van der Waals surface area contributed by atoms with E-state index in [1.807, 2.05) is 12.1 Å². The van der Waals surface area contributed by atoms with Gasteiger partial charge in [0.25, 0.3) is 5.56 Å². The topological polar surface area (TPSA) is 91.2 Å². The molecule has 8 nitrogen and oxygen atoms in total. The van der Waals surface area contributed by atoms with Crippen molar-refractivity contribution >= 4 is 5.82 Å². The minimum Gasteiger partial charge on any atom is -0.495 e. The summed E-state index contributed by atoms with van der Waals surface area (Å²) < 4.78 is 33.4. The Hall–Kier alpha value is -2.56. The van der Waals surface area contributed by atoms with Gasteiger partial charge in [-0.1, -0.05) is 19.0 Å². The predicted octanol–water partition coefficient (Wildman–Crippen LogP) is 0.478. The monoisotopic (exact) mass is 453 g/mol. The average molecular weight is 453 g/mol. The number of pyridine rings is 2. The molecule has 3 aromatic heterocycles. The average Bonchev–Trinajstić information content (AvgIpc) is 3.29. The number of nitrogens with one attached hydrogen (secondary N) is 1. The summed E-state index contributed by atoms with van der Waals surface area (Å²) in [5.74, 6) is 1.30. The molecule has 0 aromatic carbocycles. The molecule has 1 N–H and O–H groups in total. The molecule has 3 aromatic rings. The first-order chi connectivity index (χ1) is 15.0. The molecule has 4 rings (SSSR count). The Kier molecular flexibility index (Phi) is 10.5. The zero-order valence-corrected chi connectivity index (χ0v) is 19.9. The van der Waals surface area contributed by atoms with Crippen LogP contribution in [0.1, 0.15) is 25.7 Å². The molecular weight excluding hydrogens is 431 g/mol. The van der Waals surface area contributed by atoms with E-state index in [0.717, 1.165) is 23.9 Å². The number of nitrogens with zero attached hydrogens (tertiary/aromatic N) is 4. The van der Waals surface area contributed by atoms with Crippen LogP contribution < -0.4 is 49.9 Å². The van der Waals surface area contributed by atoms with E-state index in [2.05, 4.69) is 31.2 Å². The van der Waals surface area contributed by atoms with E-state index >= 15 is 0 Å². The zero-order chi connectivity index (χ0) is 22.1. The first-order valence-electron chi connectivity index (χ1n) is 9.67. The van der Waals surface area contributed by atoms with Gasteiger partial charge in [-0.15, -0.1) is 6.20 Å². The van der Waals surface area contributed by atoms with Gasteiger partial charge in [0.1, 0.15) is 11.6 Å². The molecule has 1 fully saturated rings. The normalized spacial score (nSPS) is 13.0. The Balaban J connectivity index is 0.000000280. The molecule has 1 saturated carbocycles. The third kappa shape index (κ3) is 7.85. The van der Waals surface area contributed by atoms with Gasteiger partial charge >= 0.3 is 36.2 Å². The van der Waals surface area contributed by atoms with Crippen molar-refractivity contribution in [1.29, 1.82) is 0 Å². The molecule has 0 radical (unpaired) electrons. The second-order valence-electron chi connectivity index (χ2n) is 6.67. The summed E-state index contributed by atoms with van der Waals surface area (Å²) in [5.41, 5.74) is 0.630. The summed E-state index contributed by atoms with van der Waals surface area (Å²) >= 11 is 0. The van der Waals surface area contributed by atoms with Crippen LogP contribution in [0.5, 0.6) is 11.6 Å². The number of ether oxygens (including phenoxy) is 2. The second kappa shape index (κ2) is 13.1. The van der Waals surface area contributed by atoms with E-state index in [1.165, 1.54) is 36.3 Å². The molecule has 32 heavy (non-hydrogen) atoms. The Labute approximate surface area is 206 Å². The van der Waals surface area contributed by atoms with Crippen molar-refractivity contribution in [2.75, 3.05) is 12.4 Å². The first kappa shape index (κ1) is 25.7. The van der Waals surface area contributed by atoms with Crippen LogP contribution in [0.25, 0.3) is 5.69 Å². The van der Waals surface area contributed by atoms with Crippen molar-refractivity contribution in [1.82, 2.24) is 19.5 Å². The molecule has 0 spiro atoms. The summed E-state index contributed by atoms with van der Waals surface area (Å²) in [5, 5.41) is 3.43. The molecule has 0 unspecified atom stereocenters. The molecule has 11 heteroatoms. The Morgan fingerprint density at radius 1 is 1.16 bits per heavy atom. The SMILES string of the molecule is COc1ccc(=O)n(-c2ccc(NC3CCCC3)nc2)c1.FC(F)Oc1cn[c-]cn1.[Na+]. The van der Waals surface area contributed by atoms with Crippen molar-refractivity contribution < 1.29 is 47.8 Å². The Morgan fingerprint density at radius 3 is 2.53 bits per heavy atom. The van der Waals surface area contributed by atoms with Crippen molar-refractivity contribution in [3.8, 4) is 17.3 Å². The van der Waals surface area contributed by atoms with Crippen LogP contribution in [-0.4, -0.2) is 39.3 Å².